The lowest BCUT2D eigenvalue weighted by Gasteiger charge is -2.46. The molecule has 1 fully saturated rings. The third-order valence-electron chi connectivity index (χ3n) is 4.71. The maximum absolute atomic E-state index is 12.7. The van der Waals surface area contributed by atoms with Crippen LogP contribution in [0.3, 0.4) is 0 Å². The van der Waals surface area contributed by atoms with Gasteiger partial charge in [0.2, 0.25) is 0 Å². The molecule has 0 saturated carbocycles. The van der Waals surface area contributed by atoms with Crippen molar-refractivity contribution in [3.63, 3.8) is 0 Å². The Hall–Kier alpha value is -1.95. The van der Waals surface area contributed by atoms with E-state index in [1.54, 1.807) is 12.4 Å². The number of carbonyl (C=O) groups excluding carboxylic acids is 1. The normalized spacial score (nSPS) is 20.1. The molecule has 1 aliphatic rings. The Kier molecular flexibility index (Phi) is 4.35. The van der Waals surface area contributed by atoms with Gasteiger partial charge in [-0.2, -0.15) is 5.10 Å². The van der Waals surface area contributed by atoms with Crippen LogP contribution in [0.4, 0.5) is 0 Å². The van der Waals surface area contributed by atoms with Crippen molar-refractivity contribution in [2.24, 2.45) is 0 Å². The predicted octanol–water partition coefficient (Wildman–Crippen LogP) is 3.05. The van der Waals surface area contributed by atoms with Gasteiger partial charge >= 0.3 is 0 Å². The molecule has 1 aliphatic heterocycles. The summed E-state index contributed by atoms with van der Waals surface area (Å²) in [5.41, 5.74) is 1.40. The van der Waals surface area contributed by atoms with Crippen LogP contribution in [0.2, 0.25) is 0 Å². The molecular weight excluding hydrogens is 314 g/mol. The lowest BCUT2D eigenvalue weighted by Crippen LogP contribution is -2.62. The highest BCUT2D eigenvalue weighted by atomic mass is 16.1. The zero-order valence-corrected chi connectivity index (χ0v) is 16.1. The molecule has 3 heterocycles. The predicted molar refractivity (Wildman–Crippen MR) is 99.7 cm³/mol. The van der Waals surface area contributed by atoms with Crippen molar-refractivity contribution in [3.8, 4) is 0 Å². The number of hydrogen-bond donors (Lipinski definition) is 2. The van der Waals surface area contributed by atoms with Crippen LogP contribution in [-0.2, 0) is 0 Å². The summed E-state index contributed by atoms with van der Waals surface area (Å²) in [6.07, 6.45) is 5.23. The standard InChI is InChI=1S/C19H29N5O/c1-12(2)24-16-13(11-21-24)7-14(10-20-16)17(25)22-15-8-18(3,4)23-19(5,6)9-15/h7,10-12,15,23H,8-9H2,1-6H3,(H,22,25). The second kappa shape index (κ2) is 6.09. The third-order valence-corrected chi connectivity index (χ3v) is 4.71. The van der Waals surface area contributed by atoms with Crippen molar-refractivity contribution in [2.45, 2.75) is 77.5 Å². The Morgan fingerprint density at radius 2 is 1.88 bits per heavy atom. The minimum atomic E-state index is -0.0646. The van der Waals surface area contributed by atoms with Gasteiger partial charge in [0, 0.05) is 34.7 Å². The fourth-order valence-electron chi connectivity index (χ4n) is 4.14. The second-order valence-corrected chi connectivity index (χ2v) is 8.79. The van der Waals surface area contributed by atoms with Crippen molar-refractivity contribution in [3.05, 3.63) is 24.0 Å². The van der Waals surface area contributed by atoms with Crippen molar-refractivity contribution in [1.82, 2.24) is 25.4 Å². The number of rotatable bonds is 3. The molecule has 0 spiro atoms. The molecule has 3 rings (SSSR count). The molecule has 0 aliphatic carbocycles. The van der Waals surface area contributed by atoms with Gasteiger partial charge in [0.1, 0.15) is 0 Å². The molecule has 0 atom stereocenters. The number of fused-ring (bicyclic) bond motifs is 1. The molecule has 0 radical (unpaired) electrons. The molecule has 2 aromatic heterocycles. The van der Waals surface area contributed by atoms with Crippen molar-refractivity contribution < 1.29 is 4.79 Å². The van der Waals surface area contributed by atoms with Gasteiger partial charge in [-0.3, -0.25) is 4.79 Å². The average molecular weight is 343 g/mol. The molecule has 0 unspecified atom stereocenters. The molecule has 2 aromatic rings. The summed E-state index contributed by atoms with van der Waals surface area (Å²) in [4.78, 5) is 17.2. The number of pyridine rings is 1. The van der Waals surface area contributed by atoms with Gasteiger partial charge in [-0.05, 0) is 60.5 Å². The highest BCUT2D eigenvalue weighted by Gasteiger charge is 2.38. The maximum atomic E-state index is 12.7. The molecule has 25 heavy (non-hydrogen) atoms. The molecule has 2 N–H and O–H groups in total. The van der Waals surface area contributed by atoms with Gasteiger partial charge < -0.3 is 10.6 Å². The summed E-state index contributed by atoms with van der Waals surface area (Å²) in [5, 5.41) is 12.1. The number of aromatic nitrogens is 3. The quantitative estimate of drug-likeness (QED) is 0.898. The zero-order valence-electron chi connectivity index (χ0n) is 16.1. The Morgan fingerprint density at radius 1 is 1.24 bits per heavy atom. The van der Waals surface area contributed by atoms with E-state index >= 15 is 0 Å². The van der Waals surface area contributed by atoms with Crippen LogP contribution in [0.15, 0.2) is 18.5 Å². The number of nitrogens with one attached hydrogen (secondary N) is 2. The minimum Gasteiger partial charge on any atom is -0.349 e. The minimum absolute atomic E-state index is 0.000303. The number of piperidine rings is 1. The Bertz CT molecular complexity index is 774. The van der Waals surface area contributed by atoms with Crippen LogP contribution in [0.5, 0.6) is 0 Å². The summed E-state index contributed by atoms with van der Waals surface area (Å²) in [7, 11) is 0. The largest absolute Gasteiger partial charge is 0.349 e. The van der Waals surface area contributed by atoms with Crippen LogP contribution in [0.25, 0.3) is 11.0 Å². The fraction of sp³-hybridized carbons (Fsp3) is 0.632. The maximum Gasteiger partial charge on any atom is 0.253 e. The van der Waals surface area contributed by atoms with E-state index in [-0.39, 0.29) is 29.1 Å². The third kappa shape index (κ3) is 3.84. The second-order valence-electron chi connectivity index (χ2n) is 8.79. The first-order chi connectivity index (χ1) is 11.6. The van der Waals surface area contributed by atoms with E-state index in [1.807, 2.05) is 10.7 Å². The number of amides is 1. The van der Waals surface area contributed by atoms with E-state index in [2.05, 4.69) is 62.3 Å². The summed E-state index contributed by atoms with van der Waals surface area (Å²) < 4.78 is 1.87. The van der Waals surface area contributed by atoms with Gasteiger partial charge in [-0.25, -0.2) is 9.67 Å². The molecule has 1 amide bonds. The lowest BCUT2D eigenvalue weighted by molar-refractivity contribution is 0.0873. The zero-order chi connectivity index (χ0) is 18.4. The Morgan fingerprint density at radius 3 is 2.48 bits per heavy atom. The van der Waals surface area contributed by atoms with E-state index < -0.39 is 0 Å². The van der Waals surface area contributed by atoms with Crippen LogP contribution in [0.1, 0.15) is 70.8 Å². The molecule has 6 heteroatoms. The molecule has 0 bridgehead atoms. The molecule has 0 aromatic carbocycles. The van der Waals surface area contributed by atoms with Gasteiger partial charge in [0.05, 0.1) is 11.8 Å². The van der Waals surface area contributed by atoms with Crippen molar-refractivity contribution >= 4 is 16.9 Å². The molecule has 136 valence electrons. The van der Waals surface area contributed by atoms with Gasteiger partial charge in [-0.15, -0.1) is 0 Å². The first-order valence-corrected chi connectivity index (χ1v) is 9.00. The highest BCUT2D eigenvalue weighted by Crippen LogP contribution is 2.28. The van der Waals surface area contributed by atoms with E-state index in [9.17, 15) is 4.79 Å². The molecular formula is C19H29N5O. The monoisotopic (exact) mass is 343 g/mol. The van der Waals surface area contributed by atoms with Crippen LogP contribution in [0, 0.1) is 0 Å². The lowest BCUT2D eigenvalue weighted by atomic mass is 9.79. The first kappa shape index (κ1) is 17.9. The van der Waals surface area contributed by atoms with Crippen molar-refractivity contribution in [1.29, 1.82) is 0 Å². The highest BCUT2D eigenvalue weighted by molar-refractivity contribution is 5.97. The Labute approximate surface area is 149 Å². The summed E-state index contributed by atoms with van der Waals surface area (Å²) in [6.45, 7) is 12.9. The SMILES string of the molecule is CC(C)n1ncc2cc(C(=O)NC3CC(C)(C)NC(C)(C)C3)cnc21. The van der Waals surface area contributed by atoms with Crippen LogP contribution < -0.4 is 10.6 Å². The molecule has 1 saturated heterocycles. The fourth-order valence-corrected chi connectivity index (χ4v) is 4.14. The smallest absolute Gasteiger partial charge is 0.253 e. The van der Waals surface area contributed by atoms with E-state index in [0.29, 0.717) is 5.56 Å². The van der Waals surface area contributed by atoms with E-state index in [4.69, 9.17) is 0 Å². The van der Waals surface area contributed by atoms with Gasteiger partial charge in [-0.1, -0.05) is 0 Å². The van der Waals surface area contributed by atoms with E-state index in [0.717, 1.165) is 23.9 Å². The summed E-state index contributed by atoms with van der Waals surface area (Å²) >= 11 is 0. The van der Waals surface area contributed by atoms with Crippen LogP contribution >= 0.6 is 0 Å². The molecule has 6 nitrogen and oxygen atoms in total. The number of nitrogens with zero attached hydrogens (tertiary/aromatic N) is 3. The van der Waals surface area contributed by atoms with Crippen LogP contribution in [-0.4, -0.2) is 37.8 Å². The Balaban J connectivity index is 1.78. The van der Waals surface area contributed by atoms with Gasteiger partial charge in [0.25, 0.3) is 5.91 Å². The first-order valence-electron chi connectivity index (χ1n) is 9.00. The number of hydrogen-bond acceptors (Lipinski definition) is 4. The average Bonchev–Trinajstić information content (AvgIpc) is 2.86. The summed E-state index contributed by atoms with van der Waals surface area (Å²) in [5.74, 6) is -0.0646. The van der Waals surface area contributed by atoms with Gasteiger partial charge in [0.15, 0.2) is 5.65 Å². The number of carbonyl (C=O) groups is 1. The summed E-state index contributed by atoms with van der Waals surface area (Å²) in [6, 6.07) is 2.26. The van der Waals surface area contributed by atoms with E-state index in [1.165, 1.54) is 0 Å². The van der Waals surface area contributed by atoms with Crippen molar-refractivity contribution in [2.75, 3.05) is 0 Å². The topological polar surface area (TPSA) is 71.8 Å².